The Labute approximate surface area is 111 Å². The number of hydrogen-bond donors (Lipinski definition) is 1. The molecule has 0 aliphatic heterocycles. The molecule has 0 atom stereocenters. The molecule has 6 nitrogen and oxygen atoms in total. The van der Waals surface area contributed by atoms with E-state index >= 15 is 0 Å². The van der Waals surface area contributed by atoms with Crippen LogP contribution in [0, 0.1) is 0 Å². The summed E-state index contributed by atoms with van der Waals surface area (Å²) in [5, 5.41) is 17.6. The summed E-state index contributed by atoms with van der Waals surface area (Å²) in [6, 6.07) is 0. The lowest BCUT2D eigenvalue weighted by Crippen LogP contribution is -2.07. The van der Waals surface area contributed by atoms with Gasteiger partial charge in [-0.05, 0) is 12.8 Å². The molecule has 0 fully saturated rings. The van der Waals surface area contributed by atoms with Gasteiger partial charge in [0.25, 0.3) is 0 Å². The summed E-state index contributed by atoms with van der Waals surface area (Å²) in [5.74, 6) is 0.0775. The fourth-order valence-corrected chi connectivity index (χ4v) is 2.26. The van der Waals surface area contributed by atoms with Crippen LogP contribution in [0.15, 0.2) is 5.16 Å². The van der Waals surface area contributed by atoms with E-state index in [0.717, 1.165) is 31.6 Å². The van der Waals surface area contributed by atoms with Crippen molar-refractivity contribution >= 4 is 17.7 Å². The number of aryl methyl sites for hydroxylation is 1. The number of aliphatic carboxylic acids is 1. The Bertz CT molecular complexity index is 382. The molecule has 0 aliphatic carbocycles. The highest BCUT2D eigenvalue weighted by molar-refractivity contribution is 7.99. The van der Waals surface area contributed by atoms with Gasteiger partial charge < -0.3 is 14.4 Å². The van der Waals surface area contributed by atoms with Crippen LogP contribution >= 0.6 is 11.8 Å². The molecular weight excluding hydrogens is 254 g/mol. The molecule has 102 valence electrons. The normalized spacial score (nSPS) is 10.8. The van der Waals surface area contributed by atoms with E-state index in [0.29, 0.717) is 11.8 Å². The van der Waals surface area contributed by atoms with Crippen molar-refractivity contribution in [1.82, 2.24) is 14.8 Å². The summed E-state index contributed by atoms with van der Waals surface area (Å²) in [6.07, 6.45) is 2.66. The van der Waals surface area contributed by atoms with E-state index in [1.54, 1.807) is 7.11 Å². The molecule has 0 radical (unpaired) electrons. The van der Waals surface area contributed by atoms with Gasteiger partial charge in [-0.1, -0.05) is 18.7 Å². The van der Waals surface area contributed by atoms with E-state index in [4.69, 9.17) is 9.84 Å². The number of nitrogens with zero attached hydrogens (tertiary/aromatic N) is 3. The van der Waals surface area contributed by atoms with Crippen molar-refractivity contribution in [3.8, 4) is 0 Å². The average molecular weight is 273 g/mol. The van der Waals surface area contributed by atoms with E-state index in [1.807, 2.05) is 4.57 Å². The zero-order valence-corrected chi connectivity index (χ0v) is 11.6. The van der Waals surface area contributed by atoms with Gasteiger partial charge in [-0.3, -0.25) is 4.79 Å². The molecule has 1 aromatic heterocycles. The predicted molar refractivity (Wildman–Crippen MR) is 68.9 cm³/mol. The third-order valence-corrected chi connectivity index (χ3v) is 3.27. The first kappa shape index (κ1) is 15.0. The second-order valence-corrected chi connectivity index (χ2v) is 4.77. The number of thioether (sulfide) groups is 1. The van der Waals surface area contributed by atoms with Crippen molar-refractivity contribution in [2.24, 2.45) is 0 Å². The van der Waals surface area contributed by atoms with Crippen molar-refractivity contribution in [2.75, 3.05) is 19.5 Å². The lowest BCUT2D eigenvalue weighted by atomic mass is 10.3. The van der Waals surface area contributed by atoms with Crippen LogP contribution in [-0.2, 0) is 22.5 Å². The first-order valence-electron chi connectivity index (χ1n) is 5.94. The number of carboxylic acids is 1. The molecule has 0 aromatic carbocycles. The standard InChI is InChI=1S/C11H19N3O3S/c1-3-6-14-9(5-4-7-17-2)12-13-11(14)18-8-10(15)16/h3-8H2,1-2H3,(H,15,16). The van der Waals surface area contributed by atoms with Gasteiger partial charge in [-0.15, -0.1) is 10.2 Å². The molecule has 0 spiro atoms. The molecule has 0 saturated heterocycles. The smallest absolute Gasteiger partial charge is 0.313 e. The van der Waals surface area contributed by atoms with Crippen molar-refractivity contribution in [3.63, 3.8) is 0 Å². The molecule has 0 unspecified atom stereocenters. The molecule has 1 aromatic rings. The van der Waals surface area contributed by atoms with Crippen molar-refractivity contribution < 1.29 is 14.6 Å². The molecule has 1 heterocycles. The summed E-state index contributed by atoms with van der Waals surface area (Å²) < 4.78 is 7.01. The van der Waals surface area contributed by atoms with Gasteiger partial charge in [-0.2, -0.15) is 0 Å². The monoisotopic (exact) mass is 273 g/mol. The van der Waals surface area contributed by atoms with Crippen LogP contribution in [0.25, 0.3) is 0 Å². The number of hydrogen-bond acceptors (Lipinski definition) is 5. The van der Waals surface area contributed by atoms with E-state index in [-0.39, 0.29) is 5.75 Å². The number of rotatable bonds is 9. The Morgan fingerprint density at radius 1 is 1.50 bits per heavy atom. The Balaban J connectivity index is 2.68. The molecule has 0 amide bonds. The Morgan fingerprint density at radius 2 is 2.28 bits per heavy atom. The highest BCUT2D eigenvalue weighted by Crippen LogP contribution is 2.18. The van der Waals surface area contributed by atoms with Gasteiger partial charge in [0.2, 0.25) is 0 Å². The van der Waals surface area contributed by atoms with Crippen LogP contribution in [0.2, 0.25) is 0 Å². The topological polar surface area (TPSA) is 77.2 Å². The molecule has 7 heteroatoms. The van der Waals surface area contributed by atoms with Crippen LogP contribution < -0.4 is 0 Å². The highest BCUT2D eigenvalue weighted by Gasteiger charge is 2.12. The zero-order valence-electron chi connectivity index (χ0n) is 10.8. The SMILES string of the molecule is CCCn1c(CCCOC)nnc1SCC(=O)O. The lowest BCUT2D eigenvalue weighted by Gasteiger charge is -2.07. The van der Waals surface area contributed by atoms with Gasteiger partial charge in [0, 0.05) is 26.7 Å². The summed E-state index contributed by atoms with van der Waals surface area (Å²) in [7, 11) is 1.67. The second-order valence-electron chi connectivity index (χ2n) is 3.83. The minimum Gasteiger partial charge on any atom is -0.481 e. The molecule has 0 bridgehead atoms. The first-order chi connectivity index (χ1) is 8.69. The van der Waals surface area contributed by atoms with Gasteiger partial charge in [0.05, 0.1) is 5.75 Å². The predicted octanol–water partition coefficient (Wildman–Crippen LogP) is 1.44. The maximum atomic E-state index is 10.6. The van der Waals surface area contributed by atoms with Crippen LogP contribution in [0.3, 0.4) is 0 Å². The molecule has 18 heavy (non-hydrogen) atoms. The van der Waals surface area contributed by atoms with Crippen molar-refractivity contribution in [3.05, 3.63) is 5.82 Å². The molecule has 0 saturated carbocycles. The third-order valence-electron chi connectivity index (χ3n) is 2.31. The van der Waals surface area contributed by atoms with Gasteiger partial charge in [0.1, 0.15) is 5.82 Å². The van der Waals surface area contributed by atoms with Crippen LogP contribution in [-0.4, -0.2) is 45.3 Å². The maximum absolute atomic E-state index is 10.6. The lowest BCUT2D eigenvalue weighted by molar-refractivity contribution is -0.133. The maximum Gasteiger partial charge on any atom is 0.313 e. The minimum atomic E-state index is -0.841. The van der Waals surface area contributed by atoms with E-state index in [2.05, 4.69) is 17.1 Å². The summed E-state index contributed by atoms with van der Waals surface area (Å²) in [4.78, 5) is 10.6. The van der Waals surface area contributed by atoms with E-state index < -0.39 is 5.97 Å². The molecule has 1 N–H and O–H groups in total. The van der Waals surface area contributed by atoms with Crippen LogP contribution in [0.5, 0.6) is 0 Å². The van der Waals surface area contributed by atoms with Gasteiger partial charge in [0.15, 0.2) is 5.16 Å². The highest BCUT2D eigenvalue weighted by atomic mass is 32.2. The molecule has 0 aliphatic rings. The van der Waals surface area contributed by atoms with Crippen molar-refractivity contribution in [1.29, 1.82) is 0 Å². The number of methoxy groups -OCH3 is 1. The van der Waals surface area contributed by atoms with E-state index in [1.165, 1.54) is 11.8 Å². The molecule has 1 rings (SSSR count). The quantitative estimate of drug-likeness (QED) is 0.542. The Kier molecular flexibility index (Phi) is 6.74. The fourth-order valence-electron chi connectivity index (χ4n) is 1.56. The Hall–Kier alpha value is -1.08. The largest absolute Gasteiger partial charge is 0.481 e. The van der Waals surface area contributed by atoms with Gasteiger partial charge in [-0.25, -0.2) is 0 Å². The van der Waals surface area contributed by atoms with E-state index in [9.17, 15) is 4.79 Å². The fraction of sp³-hybridized carbons (Fsp3) is 0.727. The second kappa shape index (κ2) is 8.10. The van der Waals surface area contributed by atoms with Gasteiger partial charge >= 0.3 is 5.97 Å². The number of ether oxygens (including phenoxy) is 1. The van der Waals surface area contributed by atoms with Crippen LogP contribution in [0.4, 0.5) is 0 Å². The van der Waals surface area contributed by atoms with Crippen LogP contribution in [0.1, 0.15) is 25.6 Å². The average Bonchev–Trinajstić information content (AvgIpc) is 2.71. The number of carbonyl (C=O) groups is 1. The number of aromatic nitrogens is 3. The summed E-state index contributed by atoms with van der Waals surface area (Å²) >= 11 is 1.21. The minimum absolute atomic E-state index is 0.0138. The Morgan fingerprint density at radius 3 is 2.89 bits per heavy atom. The zero-order chi connectivity index (χ0) is 13.4. The van der Waals surface area contributed by atoms with Crippen molar-refractivity contribution in [2.45, 2.75) is 37.9 Å². The first-order valence-corrected chi connectivity index (χ1v) is 6.93. The summed E-state index contributed by atoms with van der Waals surface area (Å²) in [5.41, 5.74) is 0. The third kappa shape index (κ3) is 4.66. The summed E-state index contributed by atoms with van der Waals surface area (Å²) in [6.45, 7) is 3.58. The number of carboxylic acid groups (broad SMARTS) is 1. The molecular formula is C11H19N3O3S.